The van der Waals surface area contributed by atoms with Crippen LogP contribution in [0, 0.1) is 10.1 Å². The summed E-state index contributed by atoms with van der Waals surface area (Å²) in [6, 6.07) is 0. The summed E-state index contributed by atoms with van der Waals surface area (Å²) in [6.45, 7) is -0.207. The molecule has 0 saturated heterocycles. The molecule has 2 N–H and O–H groups in total. The van der Waals surface area contributed by atoms with Crippen LogP contribution in [0.1, 0.15) is 0 Å². The van der Waals surface area contributed by atoms with Crippen molar-refractivity contribution in [1.82, 2.24) is 10.3 Å². The minimum absolute atomic E-state index is 0.0451. The zero-order valence-corrected chi connectivity index (χ0v) is 5.07. The summed E-state index contributed by atoms with van der Waals surface area (Å²) in [7, 11) is 1.31. The van der Waals surface area contributed by atoms with Crippen molar-refractivity contribution in [2.45, 2.75) is 0 Å². The maximum atomic E-state index is 9.81. The third-order valence-electron chi connectivity index (χ3n) is 0.731. The molecular weight excluding hydrogens is 126 g/mol. The van der Waals surface area contributed by atoms with Crippen molar-refractivity contribution in [2.24, 2.45) is 0 Å². The van der Waals surface area contributed by atoms with Crippen LogP contribution in [-0.4, -0.2) is 35.6 Å². The molecule has 0 aliphatic rings. The fourth-order valence-electron chi connectivity index (χ4n) is 0.270. The second-order valence-electron chi connectivity index (χ2n) is 1.46. The van der Waals surface area contributed by atoms with E-state index in [-0.39, 0.29) is 13.4 Å². The molecule has 9 heavy (non-hydrogen) atoms. The fraction of sp³-hybridized carbons (Fsp3) is 1.00. The summed E-state index contributed by atoms with van der Waals surface area (Å²) in [5.41, 5.74) is 0. The normalized spacial score (nSPS) is 9.11. The van der Waals surface area contributed by atoms with Gasteiger partial charge in [0, 0.05) is 0 Å². The Balaban J connectivity index is 3.27. The minimum Gasteiger partial charge on any atom is -0.381 e. The van der Waals surface area contributed by atoms with Crippen LogP contribution >= 0.6 is 0 Å². The summed E-state index contributed by atoms with van der Waals surface area (Å²) in [5, 5.41) is 20.6. The number of aliphatic hydroxyl groups excluding tert-OH is 1. The van der Waals surface area contributed by atoms with Crippen molar-refractivity contribution in [3.63, 3.8) is 0 Å². The molecule has 0 aromatic carbocycles. The van der Waals surface area contributed by atoms with Gasteiger partial charge in [-0.25, -0.2) is 10.1 Å². The molecule has 0 atom stereocenters. The molecular formula is C3H9N3O3. The minimum atomic E-state index is -0.567. The molecule has 6 nitrogen and oxygen atoms in total. The maximum Gasteiger partial charge on any atom is 0.161 e. The molecule has 0 bridgehead atoms. The summed E-state index contributed by atoms with van der Waals surface area (Å²) < 4.78 is 0. The third kappa shape index (κ3) is 3.68. The fourth-order valence-corrected chi connectivity index (χ4v) is 0.270. The number of hydrazine groups is 1. The highest BCUT2D eigenvalue weighted by Gasteiger charge is 2.02. The van der Waals surface area contributed by atoms with Crippen molar-refractivity contribution in [2.75, 3.05) is 20.4 Å². The molecule has 54 valence electrons. The quantitative estimate of drug-likeness (QED) is 0.282. The lowest BCUT2D eigenvalue weighted by atomic mass is 10.9. The second-order valence-corrected chi connectivity index (χ2v) is 1.46. The van der Waals surface area contributed by atoms with Crippen molar-refractivity contribution in [3.05, 3.63) is 10.1 Å². The highest BCUT2D eigenvalue weighted by atomic mass is 16.7. The van der Waals surface area contributed by atoms with Gasteiger partial charge in [-0.05, 0) is 0 Å². The monoisotopic (exact) mass is 135 g/mol. The lowest BCUT2D eigenvalue weighted by Gasteiger charge is -2.06. The first-order valence-electron chi connectivity index (χ1n) is 2.35. The Bertz CT molecular complexity index is 96.3. The number of nitro groups is 1. The van der Waals surface area contributed by atoms with E-state index in [4.69, 9.17) is 5.11 Å². The number of hydrogen-bond donors (Lipinski definition) is 2. The molecule has 0 rings (SSSR count). The number of aliphatic hydroxyl groups is 1. The first-order chi connectivity index (χ1) is 4.18. The number of nitrogens with one attached hydrogen (secondary N) is 1. The van der Waals surface area contributed by atoms with E-state index < -0.39 is 5.03 Å². The van der Waals surface area contributed by atoms with Gasteiger partial charge in [-0.3, -0.25) is 5.32 Å². The average molecular weight is 135 g/mol. The van der Waals surface area contributed by atoms with Gasteiger partial charge in [0.05, 0.1) is 13.8 Å². The van der Waals surface area contributed by atoms with E-state index in [2.05, 4.69) is 5.32 Å². The molecule has 0 amide bonds. The van der Waals surface area contributed by atoms with Crippen molar-refractivity contribution < 1.29 is 10.1 Å². The standard InChI is InChI=1S/C3H9N3O3/c1-5(6(8)9)2-4-3-7/h4,7H,2-3H2,1H3. The maximum absolute atomic E-state index is 9.81. The van der Waals surface area contributed by atoms with Crippen LogP contribution in [0.25, 0.3) is 0 Å². The Morgan fingerprint density at radius 2 is 2.44 bits per heavy atom. The Kier molecular flexibility index (Phi) is 3.65. The van der Waals surface area contributed by atoms with Gasteiger partial charge in [-0.2, -0.15) is 0 Å². The highest BCUT2D eigenvalue weighted by Crippen LogP contribution is 1.75. The predicted octanol–water partition coefficient (Wildman–Crippen LogP) is -1.39. The van der Waals surface area contributed by atoms with Gasteiger partial charge in [0.2, 0.25) is 0 Å². The lowest BCUT2D eigenvalue weighted by molar-refractivity contribution is -0.650. The molecule has 0 heterocycles. The SMILES string of the molecule is CN(CNCO)[N+](=O)[O-]. The summed E-state index contributed by atoms with van der Waals surface area (Å²) in [5.74, 6) is 0. The molecule has 0 radical (unpaired) electrons. The molecule has 0 spiro atoms. The van der Waals surface area contributed by atoms with E-state index >= 15 is 0 Å². The van der Waals surface area contributed by atoms with E-state index in [0.29, 0.717) is 0 Å². The first-order valence-corrected chi connectivity index (χ1v) is 2.35. The zero-order valence-electron chi connectivity index (χ0n) is 5.07. The Hall–Kier alpha value is -0.880. The van der Waals surface area contributed by atoms with E-state index in [9.17, 15) is 10.1 Å². The van der Waals surface area contributed by atoms with Crippen molar-refractivity contribution in [3.8, 4) is 0 Å². The molecule has 0 aromatic rings. The molecule has 0 aromatic heterocycles. The molecule has 6 heteroatoms. The Morgan fingerprint density at radius 3 is 2.78 bits per heavy atom. The van der Waals surface area contributed by atoms with Crippen LogP contribution in [0.2, 0.25) is 0 Å². The van der Waals surface area contributed by atoms with Gasteiger partial charge >= 0.3 is 0 Å². The topological polar surface area (TPSA) is 78.6 Å². The van der Waals surface area contributed by atoms with Crippen LogP contribution in [0.4, 0.5) is 0 Å². The van der Waals surface area contributed by atoms with Crippen LogP contribution in [0.5, 0.6) is 0 Å². The molecule has 0 saturated carbocycles. The average Bonchev–Trinajstić information content (AvgIpc) is 1.82. The second kappa shape index (κ2) is 4.04. The predicted molar refractivity (Wildman–Crippen MR) is 29.8 cm³/mol. The molecule has 0 aliphatic carbocycles. The Labute approximate surface area is 52.2 Å². The van der Waals surface area contributed by atoms with Gasteiger partial charge in [-0.15, -0.1) is 5.01 Å². The van der Waals surface area contributed by atoms with Crippen molar-refractivity contribution in [1.29, 1.82) is 0 Å². The smallest absolute Gasteiger partial charge is 0.161 e. The van der Waals surface area contributed by atoms with Gasteiger partial charge in [0.1, 0.15) is 6.67 Å². The zero-order chi connectivity index (χ0) is 7.28. The van der Waals surface area contributed by atoms with E-state index in [1.54, 1.807) is 0 Å². The molecule has 0 fully saturated rings. The van der Waals surface area contributed by atoms with Gasteiger partial charge in [0.15, 0.2) is 5.03 Å². The number of nitrogens with zero attached hydrogens (tertiary/aromatic N) is 2. The van der Waals surface area contributed by atoms with Crippen LogP contribution in [-0.2, 0) is 0 Å². The van der Waals surface area contributed by atoms with Crippen LogP contribution in [0.3, 0.4) is 0 Å². The summed E-state index contributed by atoms with van der Waals surface area (Å²) in [4.78, 5) is 9.81. The van der Waals surface area contributed by atoms with Crippen LogP contribution < -0.4 is 5.32 Å². The number of rotatable bonds is 4. The highest BCUT2D eigenvalue weighted by molar-refractivity contribution is 4.28. The first kappa shape index (κ1) is 8.12. The van der Waals surface area contributed by atoms with Gasteiger partial charge in [-0.1, -0.05) is 0 Å². The van der Waals surface area contributed by atoms with E-state index in [1.807, 2.05) is 0 Å². The van der Waals surface area contributed by atoms with Gasteiger partial charge in [0.25, 0.3) is 0 Å². The van der Waals surface area contributed by atoms with Crippen molar-refractivity contribution >= 4 is 0 Å². The molecule has 0 unspecified atom stereocenters. The summed E-state index contributed by atoms with van der Waals surface area (Å²) in [6.07, 6.45) is 0. The van der Waals surface area contributed by atoms with E-state index in [1.165, 1.54) is 7.05 Å². The largest absolute Gasteiger partial charge is 0.381 e. The van der Waals surface area contributed by atoms with E-state index in [0.717, 1.165) is 5.01 Å². The molecule has 0 aliphatic heterocycles. The number of hydrogen-bond acceptors (Lipinski definition) is 4. The Morgan fingerprint density at radius 1 is 1.89 bits per heavy atom. The van der Waals surface area contributed by atoms with Gasteiger partial charge < -0.3 is 5.11 Å². The third-order valence-corrected chi connectivity index (χ3v) is 0.731. The van der Waals surface area contributed by atoms with Crippen LogP contribution in [0.15, 0.2) is 0 Å². The lowest BCUT2D eigenvalue weighted by Crippen LogP contribution is -2.35. The summed E-state index contributed by atoms with van der Waals surface area (Å²) >= 11 is 0.